The van der Waals surface area contributed by atoms with Crippen LogP contribution in [0.1, 0.15) is 16.7 Å². The second kappa shape index (κ2) is 7.86. The fourth-order valence-corrected chi connectivity index (χ4v) is 3.43. The fourth-order valence-electron chi connectivity index (χ4n) is 2.71. The van der Waals surface area contributed by atoms with Crippen LogP contribution in [0.2, 0.25) is 0 Å². The first-order chi connectivity index (χ1) is 11.8. The maximum Gasteiger partial charge on any atom is 0.0362 e. The van der Waals surface area contributed by atoms with Gasteiger partial charge in [0.2, 0.25) is 0 Å². The van der Waals surface area contributed by atoms with Crippen molar-refractivity contribution >= 4 is 21.6 Å². The molecule has 1 unspecified atom stereocenters. The summed E-state index contributed by atoms with van der Waals surface area (Å²) in [7, 11) is 0. The van der Waals surface area contributed by atoms with Gasteiger partial charge in [0.1, 0.15) is 0 Å². The van der Waals surface area contributed by atoms with Gasteiger partial charge >= 0.3 is 0 Å². The van der Waals surface area contributed by atoms with Crippen LogP contribution in [0.15, 0.2) is 91.0 Å². The molecule has 0 saturated heterocycles. The van der Waals surface area contributed by atoms with Gasteiger partial charge in [0.05, 0.1) is 0 Å². The summed E-state index contributed by atoms with van der Waals surface area (Å²) < 4.78 is 24.1. The highest BCUT2D eigenvalue weighted by atomic mass is 32.2. The minimum Gasteiger partial charge on any atom is -0.768 e. The molecule has 0 N–H and O–H groups in total. The van der Waals surface area contributed by atoms with Gasteiger partial charge in [-0.2, -0.15) is 0 Å². The lowest BCUT2D eigenvalue weighted by Gasteiger charge is -2.19. The lowest BCUT2D eigenvalue weighted by molar-refractivity contribution is 0.548. The molecular formula is C21H17O2S-. The Labute approximate surface area is 144 Å². The van der Waals surface area contributed by atoms with Crippen molar-refractivity contribution in [1.29, 1.82) is 0 Å². The predicted octanol–water partition coefficient (Wildman–Crippen LogP) is 4.68. The van der Waals surface area contributed by atoms with Crippen LogP contribution < -0.4 is 0 Å². The minimum atomic E-state index is -2.33. The van der Waals surface area contributed by atoms with E-state index in [2.05, 4.69) is 0 Å². The van der Waals surface area contributed by atoms with Crippen molar-refractivity contribution in [3.63, 3.8) is 0 Å². The molecule has 120 valence electrons. The molecule has 3 heteroatoms. The third-order valence-electron chi connectivity index (χ3n) is 3.82. The SMILES string of the molecule is O=S([O-])C(=C(Cc1ccccc1)c1ccccc1)c1ccccc1. The first-order valence-corrected chi connectivity index (χ1v) is 8.80. The van der Waals surface area contributed by atoms with Crippen molar-refractivity contribution in [3.05, 3.63) is 108 Å². The topological polar surface area (TPSA) is 40.1 Å². The normalized spacial score (nSPS) is 13.2. The van der Waals surface area contributed by atoms with E-state index in [0.717, 1.165) is 16.7 Å². The van der Waals surface area contributed by atoms with E-state index in [4.69, 9.17) is 0 Å². The summed E-state index contributed by atoms with van der Waals surface area (Å²) in [6, 6.07) is 28.9. The van der Waals surface area contributed by atoms with Crippen molar-refractivity contribution in [3.8, 4) is 0 Å². The highest BCUT2D eigenvalue weighted by molar-refractivity contribution is 7.89. The van der Waals surface area contributed by atoms with Gasteiger partial charge in [-0.1, -0.05) is 91.0 Å². The van der Waals surface area contributed by atoms with Crippen LogP contribution >= 0.6 is 0 Å². The highest BCUT2D eigenvalue weighted by Crippen LogP contribution is 2.31. The van der Waals surface area contributed by atoms with Gasteiger partial charge in [0, 0.05) is 4.91 Å². The summed E-state index contributed by atoms with van der Waals surface area (Å²) in [5, 5.41) is 0. The molecule has 24 heavy (non-hydrogen) atoms. The zero-order valence-electron chi connectivity index (χ0n) is 13.1. The zero-order valence-corrected chi connectivity index (χ0v) is 13.9. The van der Waals surface area contributed by atoms with Gasteiger partial charge in [-0.05, 0) is 39.8 Å². The molecule has 0 aliphatic heterocycles. The number of allylic oxidation sites excluding steroid dienone is 1. The van der Waals surface area contributed by atoms with Crippen LogP contribution in [0, 0.1) is 0 Å². The van der Waals surface area contributed by atoms with Gasteiger partial charge < -0.3 is 4.55 Å². The van der Waals surface area contributed by atoms with Gasteiger partial charge in [-0.3, -0.25) is 4.21 Å². The molecule has 0 amide bonds. The molecule has 0 bridgehead atoms. The van der Waals surface area contributed by atoms with Crippen molar-refractivity contribution in [2.75, 3.05) is 0 Å². The quantitative estimate of drug-likeness (QED) is 0.502. The van der Waals surface area contributed by atoms with Crippen LogP contribution in [-0.4, -0.2) is 8.76 Å². The lowest BCUT2D eigenvalue weighted by atomic mass is 9.96. The number of hydrogen-bond acceptors (Lipinski definition) is 2. The standard InChI is InChI=1S/C21H18O2S/c22-24(23)21(19-14-8-3-9-15-19)20(18-12-6-2-7-13-18)16-17-10-4-1-5-11-17/h1-15H,16H2,(H,22,23)/p-1. The number of hydrogen-bond donors (Lipinski definition) is 0. The van der Waals surface area contributed by atoms with Gasteiger partial charge in [-0.25, -0.2) is 0 Å². The Bertz CT molecular complexity index is 841. The van der Waals surface area contributed by atoms with E-state index in [9.17, 15) is 8.76 Å². The molecular weight excluding hydrogens is 316 g/mol. The first kappa shape index (κ1) is 16.4. The molecule has 0 aliphatic rings. The average Bonchev–Trinajstić information content (AvgIpc) is 2.63. The molecule has 0 heterocycles. The molecule has 3 aromatic rings. The Kier molecular flexibility index (Phi) is 5.36. The van der Waals surface area contributed by atoms with E-state index in [1.54, 1.807) is 0 Å². The lowest BCUT2D eigenvalue weighted by Crippen LogP contribution is -2.01. The second-order valence-electron chi connectivity index (χ2n) is 5.44. The Morgan fingerprint density at radius 1 is 0.708 bits per heavy atom. The van der Waals surface area contributed by atoms with Crippen LogP contribution in [0.3, 0.4) is 0 Å². The molecule has 0 fully saturated rings. The molecule has 0 spiro atoms. The van der Waals surface area contributed by atoms with Crippen LogP contribution in [-0.2, 0) is 17.5 Å². The Balaban J connectivity index is 2.19. The van der Waals surface area contributed by atoms with Gasteiger partial charge in [0.15, 0.2) is 0 Å². The summed E-state index contributed by atoms with van der Waals surface area (Å²) in [6.45, 7) is 0. The van der Waals surface area contributed by atoms with E-state index in [0.29, 0.717) is 16.9 Å². The van der Waals surface area contributed by atoms with E-state index in [-0.39, 0.29) is 0 Å². The molecule has 0 radical (unpaired) electrons. The Hall–Kier alpha value is -2.49. The summed E-state index contributed by atoms with van der Waals surface area (Å²) >= 11 is -2.33. The fraction of sp³-hybridized carbons (Fsp3) is 0.0476. The number of rotatable bonds is 5. The Morgan fingerprint density at radius 2 is 1.17 bits per heavy atom. The third-order valence-corrected chi connectivity index (χ3v) is 4.64. The largest absolute Gasteiger partial charge is 0.768 e. The Morgan fingerprint density at radius 3 is 1.67 bits per heavy atom. The summed E-state index contributed by atoms with van der Waals surface area (Å²) in [5.74, 6) is 0. The van der Waals surface area contributed by atoms with Crippen molar-refractivity contribution < 1.29 is 8.76 Å². The van der Waals surface area contributed by atoms with Crippen LogP contribution in [0.5, 0.6) is 0 Å². The van der Waals surface area contributed by atoms with Crippen LogP contribution in [0.25, 0.3) is 10.5 Å². The van der Waals surface area contributed by atoms with Crippen molar-refractivity contribution in [2.45, 2.75) is 6.42 Å². The first-order valence-electron chi connectivity index (χ1n) is 7.73. The van der Waals surface area contributed by atoms with Crippen molar-refractivity contribution in [2.24, 2.45) is 0 Å². The van der Waals surface area contributed by atoms with Gasteiger partial charge in [-0.15, -0.1) is 0 Å². The van der Waals surface area contributed by atoms with E-state index in [1.807, 2.05) is 91.0 Å². The monoisotopic (exact) mass is 333 g/mol. The molecule has 1 atom stereocenters. The molecule has 3 rings (SSSR count). The molecule has 0 aliphatic carbocycles. The second-order valence-corrected chi connectivity index (χ2v) is 6.31. The molecule has 2 nitrogen and oxygen atoms in total. The minimum absolute atomic E-state index is 0.352. The summed E-state index contributed by atoms with van der Waals surface area (Å²) in [4.78, 5) is 0.352. The maximum atomic E-state index is 12.0. The summed E-state index contributed by atoms with van der Waals surface area (Å²) in [6.07, 6.45) is 0.559. The van der Waals surface area contributed by atoms with Crippen molar-refractivity contribution in [1.82, 2.24) is 0 Å². The molecule has 0 saturated carbocycles. The third kappa shape index (κ3) is 3.88. The molecule has 3 aromatic carbocycles. The predicted molar refractivity (Wildman–Crippen MR) is 98.8 cm³/mol. The van der Waals surface area contributed by atoms with E-state index < -0.39 is 11.1 Å². The smallest absolute Gasteiger partial charge is 0.0362 e. The molecule has 0 aromatic heterocycles. The van der Waals surface area contributed by atoms with E-state index in [1.165, 1.54) is 0 Å². The van der Waals surface area contributed by atoms with Gasteiger partial charge in [0.25, 0.3) is 0 Å². The zero-order chi connectivity index (χ0) is 16.8. The maximum absolute atomic E-state index is 12.0. The average molecular weight is 333 g/mol. The highest BCUT2D eigenvalue weighted by Gasteiger charge is 2.13. The summed E-state index contributed by atoms with van der Waals surface area (Å²) in [5.41, 5.74) is 3.52. The number of benzene rings is 3. The van der Waals surface area contributed by atoms with Crippen LogP contribution in [0.4, 0.5) is 0 Å². The van der Waals surface area contributed by atoms with E-state index >= 15 is 0 Å².